The van der Waals surface area contributed by atoms with Crippen LogP contribution in [0.3, 0.4) is 0 Å². The van der Waals surface area contributed by atoms with Gasteiger partial charge in [0.15, 0.2) is 11.6 Å². The Bertz CT molecular complexity index is 1210. The Morgan fingerprint density at radius 3 is 1.91 bits per heavy atom. The van der Waals surface area contributed by atoms with E-state index in [2.05, 4.69) is 34.5 Å². The number of nitrogens with zero attached hydrogens (tertiary/aromatic N) is 3. The SMILES string of the molecule is CN(C)c1ccc(C2N=NC(C3C(=O)c4ccccc4C3=O)=CC2c2ccccc2)cc1. The molecule has 0 spiro atoms. The van der Waals surface area contributed by atoms with Crippen LogP contribution in [-0.2, 0) is 0 Å². The van der Waals surface area contributed by atoms with Gasteiger partial charge in [-0.15, -0.1) is 0 Å². The summed E-state index contributed by atoms with van der Waals surface area (Å²) in [5, 5.41) is 9.05. The maximum atomic E-state index is 13.0. The molecular weight excluding hydrogens is 398 g/mol. The van der Waals surface area contributed by atoms with Crippen LogP contribution in [0.1, 0.15) is 43.8 Å². The van der Waals surface area contributed by atoms with Crippen molar-refractivity contribution >= 4 is 17.3 Å². The predicted molar refractivity (Wildman–Crippen MR) is 124 cm³/mol. The number of Topliss-reactive ketones (excluding diaryl/α,β-unsaturated/α-hetero) is 2. The van der Waals surface area contributed by atoms with Gasteiger partial charge < -0.3 is 4.90 Å². The summed E-state index contributed by atoms with van der Waals surface area (Å²) >= 11 is 0. The summed E-state index contributed by atoms with van der Waals surface area (Å²) in [5.74, 6) is -1.44. The fourth-order valence-corrected chi connectivity index (χ4v) is 4.47. The van der Waals surface area contributed by atoms with Crippen molar-refractivity contribution in [2.45, 2.75) is 12.0 Å². The first kappa shape index (κ1) is 20.1. The number of hydrogen-bond donors (Lipinski definition) is 0. The fraction of sp³-hybridized carbons (Fsp3) is 0.185. The van der Waals surface area contributed by atoms with E-state index in [1.807, 2.05) is 55.4 Å². The van der Waals surface area contributed by atoms with E-state index in [1.165, 1.54) is 0 Å². The highest BCUT2D eigenvalue weighted by Crippen LogP contribution is 2.43. The Labute approximate surface area is 187 Å². The third-order valence-electron chi connectivity index (χ3n) is 6.20. The van der Waals surface area contributed by atoms with Gasteiger partial charge in [0.05, 0.1) is 5.70 Å². The van der Waals surface area contributed by atoms with Gasteiger partial charge in [0, 0.05) is 36.8 Å². The minimum Gasteiger partial charge on any atom is -0.378 e. The minimum atomic E-state index is -0.917. The topological polar surface area (TPSA) is 62.1 Å². The first-order valence-electron chi connectivity index (χ1n) is 10.7. The second kappa shape index (κ2) is 8.00. The molecule has 0 amide bonds. The molecule has 5 heteroatoms. The van der Waals surface area contributed by atoms with Crippen molar-refractivity contribution in [1.82, 2.24) is 0 Å². The third kappa shape index (κ3) is 3.36. The van der Waals surface area contributed by atoms with Crippen molar-refractivity contribution in [2.75, 3.05) is 19.0 Å². The highest BCUT2D eigenvalue weighted by molar-refractivity contribution is 6.28. The van der Waals surface area contributed by atoms with Gasteiger partial charge in [-0.1, -0.05) is 66.7 Å². The number of ketones is 2. The van der Waals surface area contributed by atoms with E-state index in [1.54, 1.807) is 24.3 Å². The lowest BCUT2D eigenvalue weighted by Gasteiger charge is -2.26. The maximum absolute atomic E-state index is 13.0. The highest BCUT2D eigenvalue weighted by Gasteiger charge is 2.42. The molecule has 158 valence electrons. The molecule has 2 unspecified atom stereocenters. The van der Waals surface area contributed by atoms with E-state index in [4.69, 9.17) is 0 Å². The van der Waals surface area contributed by atoms with Crippen LogP contribution in [0.25, 0.3) is 0 Å². The molecule has 2 aliphatic rings. The number of rotatable bonds is 4. The second-order valence-electron chi connectivity index (χ2n) is 8.38. The van der Waals surface area contributed by atoms with Crippen LogP contribution in [0.5, 0.6) is 0 Å². The largest absolute Gasteiger partial charge is 0.378 e. The first-order valence-corrected chi connectivity index (χ1v) is 10.7. The molecule has 1 aliphatic heterocycles. The van der Waals surface area contributed by atoms with Crippen LogP contribution in [-0.4, -0.2) is 25.7 Å². The number of azo groups is 1. The van der Waals surface area contributed by atoms with Crippen molar-refractivity contribution in [3.8, 4) is 0 Å². The Hall–Kier alpha value is -3.86. The summed E-state index contributed by atoms with van der Waals surface area (Å²) in [6.45, 7) is 0. The predicted octanol–water partition coefficient (Wildman–Crippen LogP) is 5.62. The van der Waals surface area contributed by atoms with Crippen molar-refractivity contribution in [2.24, 2.45) is 16.1 Å². The van der Waals surface area contributed by atoms with Gasteiger partial charge in [-0.25, -0.2) is 0 Å². The van der Waals surface area contributed by atoms with Crippen molar-refractivity contribution < 1.29 is 9.59 Å². The van der Waals surface area contributed by atoms with Crippen LogP contribution in [0.4, 0.5) is 5.69 Å². The minimum absolute atomic E-state index is 0.127. The van der Waals surface area contributed by atoms with Crippen LogP contribution in [0.15, 0.2) is 101 Å². The number of fused-ring (bicyclic) bond motifs is 1. The third-order valence-corrected chi connectivity index (χ3v) is 6.20. The summed E-state index contributed by atoms with van der Waals surface area (Å²) in [7, 11) is 4.01. The molecule has 3 aromatic carbocycles. The van der Waals surface area contributed by atoms with Crippen LogP contribution < -0.4 is 4.90 Å². The molecule has 0 bridgehead atoms. The van der Waals surface area contributed by atoms with Crippen molar-refractivity contribution in [1.29, 1.82) is 0 Å². The molecule has 0 fully saturated rings. The molecule has 3 aromatic rings. The van der Waals surface area contributed by atoms with Gasteiger partial charge in [0.2, 0.25) is 0 Å². The summed E-state index contributed by atoms with van der Waals surface area (Å²) in [5.41, 5.74) is 4.59. The number of benzene rings is 3. The molecule has 32 heavy (non-hydrogen) atoms. The maximum Gasteiger partial charge on any atom is 0.180 e. The van der Waals surface area contributed by atoms with E-state index in [9.17, 15) is 9.59 Å². The molecule has 0 N–H and O–H groups in total. The van der Waals surface area contributed by atoms with Crippen LogP contribution in [0, 0.1) is 5.92 Å². The molecular formula is C27H23N3O2. The molecule has 1 heterocycles. The van der Waals surface area contributed by atoms with Gasteiger partial charge >= 0.3 is 0 Å². The van der Waals surface area contributed by atoms with Crippen molar-refractivity contribution in [3.05, 3.63) is 113 Å². The number of hydrogen-bond acceptors (Lipinski definition) is 5. The number of anilines is 1. The fourth-order valence-electron chi connectivity index (χ4n) is 4.47. The average molecular weight is 422 g/mol. The highest BCUT2D eigenvalue weighted by atomic mass is 16.2. The monoisotopic (exact) mass is 421 g/mol. The van der Waals surface area contributed by atoms with Gasteiger partial charge in [0.25, 0.3) is 0 Å². The lowest BCUT2D eigenvalue weighted by atomic mass is 9.84. The van der Waals surface area contributed by atoms with E-state index in [0.29, 0.717) is 16.8 Å². The summed E-state index contributed by atoms with van der Waals surface area (Å²) < 4.78 is 0. The smallest absolute Gasteiger partial charge is 0.180 e. The standard InChI is InChI=1S/C27H23N3O2/c1-30(2)19-14-12-18(13-15-19)25-22(17-8-4-3-5-9-17)16-23(28-29-25)24-26(31)20-10-6-7-11-21(20)27(24)32/h3-16,22,24-25H,1-2H3. The quantitative estimate of drug-likeness (QED) is 0.514. The van der Waals surface area contributed by atoms with E-state index >= 15 is 0 Å². The zero-order valence-corrected chi connectivity index (χ0v) is 18.0. The number of carbonyl (C=O) groups is 2. The Morgan fingerprint density at radius 1 is 0.719 bits per heavy atom. The van der Waals surface area contributed by atoms with Gasteiger partial charge in [-0.05, 0) is 29.3 Å². The lowest BCUT2D eigenvalue weighted by molar-refractivity contribution is 0.0861. The molecule has 0 radical (unpaired) electrons. The molecule has 5 nitrogen and oxygen atoms in total. The summed E-state index contributed by atoms with van der Waals surface area (Å²) in [4.78, 5) is 28.1. The molecule has 2 atom stereocenters. The lowest BCUT2D eigenvalue weighted by Crippen LogP contribution is -2.21. The van der Waals surface area contributed by atoms with Gasteiger partial charge in [-0.3, -0.25) is 9.59 Å². The van der Waals surface area contributed by atoms with Crippen LogP contribution in [0.2, 0.25) is 0 Å². The van der Waals surface area contributed by atoms with E-state index in [-0.39, 0.29) is 23.5 Å². The summed E-state index contributed by atoms with van der Waals surface area (Å²) in [6.07, 6.45) is 1.96. The van der Waals surface area contributed by atoms with E-state index < -0.39 is 5.92 Å². The average Bonchev–Trinajstić information content (AvgIpc) is 3.09. The molecule has 0 aromatic heterocycles. The Morgan fingerprint density at radius 2 is 1.31 bits per heavy atom. The molecule has 5 rings (SSSR count). The molecule has 1 aliphatic carbocycles. The van der Waals surface area contributed by atoms with Crippen LogP contribution >= 0.6 is 0 Å². The first-order chi connectivity index (χ1) is 15.5. The normalized spacial score (nSPS) is 20.2. The Kier molecular flexibility index (Phi) is 5.02. The number of carbonyl (C=O) groups excluding carboxylic acids is 2. The Balaban J connectivity index is 1.54. The number of allylic oxidation sites excluding steroid dienone is 1. The van der Waals surface area contributed by atoms with Gasteiger partial charge in [-0.2, -0.15) is 10.2 Å². The second-order valence-corrected chi connectivity index (χ2v) is 8.38. The van der Waals surface area contributed by atoms with Gasteiger partial charge in [0.1, 0.15) is 12.0 Å². The molecule has 0 saturated carbocycles. The molecule has 0 saturated heterocycles. The zero-order chi connectivity index (χ0) is 22.2. The van der Waals surface area contributed by atoms with E-state index in [0.717, 1.165) is 16.8 Å². The summed E-state index contributed by atoms with van der Waals surface area (Å²) in [6, 6.07) is 25.1. The van der Waals surface area contributed by atoms with Crippen molar-refractivity contribution in [3.63, 3.8) is 0 Å². The zero-order valence-electron chi connectivity index (χ0n) is 18.0.